The molecule has 1 saturated heterocycles. The highest BCUT2D eigenvalue weighted by atomic mass is 16.1. The Hall–Kier alpha value is -1.42. The second-order valence-electron chi connectivity index (χ2n) is 4.09. The summed E-state index contributed by atoms with van der Waals surface area (Å²) in [5.74, 6) is 0.901. The zero-order valence-electron chi connectivity index (χ0n) is 9.05. The molecule has 0 unspecified atom stereocenters. The van der Waals surface area contributed by atoms with Gasteiger partial charge in [-0.2, -0.15) is 0 Å². The van der Waals surface area contributed by atoms with E-state index >= 15 is 0 Å². The van der Waals surface area contributed by atoms with Crippen LogP contribution in [0.2, 0.25) is 0 Å². The van der Waals surface area contributed by atoms with Gasteiger partial charge in [0.05, 0.1) is 0 Å². The minimum absolute atomic E-state index is 0.603. The number of carbonyl (C=O) groups excluding carboxylic acids is 1. The largest absolute Gasteiger partial charge is 0.353 e. The topological polar surface area (TPSA) is 36.4 Å². The van der Waals surface area contributed by atoms with Gasteiger partial charge in [0.1, 0.15) is 12.1 Å². The first-order valence-electron chi connectivity index (χ1n) is 5.03. The molecular formula is C11H15N3O. The van der Waals surface area contributed by atoms with Crippen LogP contribution >= 0.6 is 0 Å². The molecule has 0 atom stereocenters. The fraction of sp³-hybridized carbons (Fsp3) is 0.455. The number of carbonyl (C=O) groups is 1. The number of hydrogen-bond acceptors (Lipinski definition) is 4. The molecule has 0 N–H and O–H groups in total. The minimum Gasteiger partial charge on any atom is -0.353 e. The van der Waals surface area contributed by atoms with E-state index in [-0.39, 0.29) is 0 Å². The van der Waals surface area contributed by atoms with E-state index in [4.69, 9.17) is 0 Å². The van der Waals surface area contributed by atoms with Gasteiger partial charge in [0.25, 0.3) is 0 Å². The van der Waals surface area contributed by atoms with Crippen LogP contribution in [-0.2, 0) is 0 Å². The lowest BCUT2D eigenvalue weighted by Gasteiger charge is -2.43. The second-order valence-corrected chi connectivity index (χ2v) is 4.09. The first-order valence-corrected chi connectivity index (χ1v) is 5.03. The summed E-state index contributed by atoms with van der Waals surface area (Å²) in [6, 6.07) is 4.16. The zero-order chi connectivity index (χ0) is 10.8. The van der Waals surface area contributed by atoms with Crippen molar-refractivity contribution < 1.29 is 4.79 Å². The summed E-state index contributed by atoms with van der Waals surface area (Å²) in [4.78, 5) is 19.2. The monoisotopic (exact) mass is 205 g/mol. The molecular weight excluding hydrogens is 190 g/mol. The Morgan fingerprint density at radius 3 is 2.87 bits per heavy atom. The summed E-state index contributed by atoms with van der Waals surface area (Å²) in [6.45, 7) is 1.98. The lowest BCUT2D eigenvalue weighted by atomic mass is 10.1. The molecule has 1 aromatic heterocycles. The van der Waals surface area contributed by atoms with Gasteiger partial charge in [-0.15, -0.1) is 0 Å². The van der Waals surface area contributed by atoms with Gasteiger partial charge in [-0.05, 0) is 26.2 Å². The number of aromatic nitrogens is 1. The van der Waals surface area contributed by atoms with E-state index in [1.165, 1.54) is 0 Å². The van der Waals surface area contributed by atoms with Crippen molar-refractivity contribution in [3.05, 3.63) is 23.9 Å². The standard InChI is InChI=1S/C11H15N3O/c1-13(2)10-6-14(7-10)11-5-9(8-15)3-4-12-11/h3-5,8,10H,6-7H2,1-2H3. The van der Waals surface area contributed by atoms with Crippen LogP contribution in [0.4, 0.5) is 5.82 Å². The molecule has 0 bridgehead atoms. The van der Waals surface area contributed by atoms with E-state index in [2.05, 4.69) is 28.9 Å². The van der Waals surface area contributed by atoms with Crippen molar-refractivity contribution in [3.63, 3.8) is 0 Å². The fourth-order valence-electron chi connectivity index (χ4n) is 1.65. The molecule has 1 aliphatic rings. The van der Waals surface area contributed by atoms with Gasteiger partial charge in [0.15, 0.2) is 0 Å². The minimum atomic E-state index is 0.603. The summed E-state index contributed by atoms with van der Waals surface area (Å²) in [7, 11) is 4.16. The number of pyridine rings is 1. The van der Waals surface area contributed by atoms with Gasteiger partial charge in [-0.1, -0.05) is 0 Å². The van der Waals surface area contributed by atoms with Crippen LogP contribution in [-0.4, -0.2) is 49.4 Å². The van der Waals surface area contributed by atoms with Crippen LogP contribution in [0.5, 0.6) is 0 Å². The molecule has 1 aromatic rings. The third-order valence-corrected chi connectivity index (χ3v) is 2.82. The molecule has 0 amide bonds. The first kappa shape index (κ1) is 10.1. The fourth-order valence-corrected chi connectivity index (χ4v) is 1.65. The van der Waals surface area contributed by atoms with Gasteiger partial charge < -0.3 is 9.80 Å². The smallest absolute Gasteiger partial charge is 0.150 e. The molecule has 80 valence electrons. The number of rotatable bonds is 3. The average molecular weight is 205 g/mol. The van der Waals surface area contributed by atoms with Gasteiger partial charge in [-0.3, -0.25) is 4.79 Å². The molecule has 15 heavy (non-hydrogen) atoms. The quantitative estimate of drug-likeness (QED) is 0.679. The van der Waals surface area contributed by atoms with Crippen molar-refractivity contribution in [3.8, 4) is 0 Å². The molecule has 4 nitrogen and oxygen atoms in total. The molecule has 2 rings (SSSR count). The van der Waals surface area contributed by atoms with Gasteiger partial charge in [0, 0.05) is 30.9 Å². The Labute approximate surface area is 89.5 Å². The van der Waals surface area contributed by atoms with Crippen molar-refractivity contribution in [2.45, 2.75) is 6.04 Å². The molecule has 0 aromatic carbocycles. The number of aldehydes is 1. The van der Waals surface area contributed by atoms with E-state index in [0.29, 0.717) is 11.6 Å². The average Bonchev–Trinajstić information content (AvgIpc) is 2.15. The molecule has 2 heterocycles. The van der Waals surface area contributed by atoms with E-state index < -0.39 is 0 Å². The number of likely N-dealkylation sites (N-methyl/N-ethyl adjacent to an activating group) is 1. The highest BCUT2D eigenvalue weighted by Gasteiger charge is 2.28. The third-order valence-electron chi connectivity index (χ3n) is 2.82. The van der Waals surface area contributed by atoms with E-state index in [0.717, 1.165) is 25.2 Å². The summed E-state index contributed by atoms with van der Waals surface area (Å²) >= 11 is 0. The van der Waals surface area contributed by atoms with Gasteiger partial charge in [-0.25, -0.2) is 4.98 Å². The van der Waals surface area contributed by atoms with E-state index in [1.807, 2.05) is 6.07 Å². The lowest BCUT2D eigenvalue weighted by Crippen LogP contribution is -2.57. The first-order chi connectivity index (χ1) is 7.20. The van der Waals surface area contributed by atoms with Crippen LogP contribution in [0, 0.1) is 0 Å². The Morgan fingerprint density at radius 1 is 1.53 bits per heavy atom. The predicted molar refractivity (Wildman–Crippen MR) is 59.3 cm³/mol. The van der Waals surface area contributed by atoms with Crippen molar-refractivity contribution in [2.75, 3.05) is 32.1 Å². The zero-order valence-corrected chi connectivity index (χ0v) is 9.05. The molecule has 1 aliphatic heterocycles. The summed E-state index contributed by atoms with van der Waals surface area (Å²) in [5.41, 5.74) is 0.688. The van der Waals surface area contributed by atoms with E-state index in [9.17, 15) is 4.79 Å². The number of nitrogens with zero attached hydrogens (tertiary/aromatic N) is 3. The molecule has 1 fully saturated rings. The summed E-state index contributed by atoms with van der Waals surface area (Å²) in [5, 5.41) is 0. The molecule has 0 aliphatic carbocycles. The highest BCUT2D eigenvalue weighted by Crippen LogP contribution is 2.20. The number of anilines is 1. The van der Waals surface area contributed by atoms with Crippen molar-refractivity contribution in [1.29, 1.82) is 0 Å². The Kier molecular flexibility index (Phi) is 2.68. The summed E-state index contributed by atoms with van der Waals surface area (Å²) in [6.07, 6.45) is 2.54. The highest BCUT2D eigenvalue weighted by molar-refractivity contribution is 5.76. The lowest BCUT2D eigenvalue weighted by molar-refractivity contribution is 0.112. The van der Waals surface area contributed by atoms with Crippen molar-refractivity contribution in [2.24, 2.45) is 0 Å². The van der Waals surface area contributed by atoms with Crippen LogP contribution in [0.1, 0.15) is 10.4 Å². The summed E-state index contributed by atoms with van der Waals surface area (Å²) < 4.78 is 0. The second kappa shape index (κ2) is 3.98. The normalized spacial score (nSPS) is 16.6. The Morgan fingerprint density at radius 2 is 2.27 bits per heavy atom. The van der Waals surface area contributed by atoms with Crippen molar-refractivity contribution in [1.82, 2.24) is 9.88 Å². The predicted octanol–water partition coefficient (Wildman–Crippen LogP) is 0.644. The molecule has 0 spiro atoms. The van der Waals surface area contributed by atoms with Crippen LogP contribution in [0.15, 0.2) is 18.3 Å². The van der Waals surface area contributed by atoms with E-state index in [1.54, 1.807) is 12.3 Å². The van der Waals surface area contributed by atoms with Gasteiger partial charge >= 0.3 is 0 Å². The molecule has 0 saturated carbocycles. The maximum absolute atomic E-state index is 10.6. The Balaban J connectivity index is 2.03. The SMILES string of the molecule is CN(C)C1CN(c2cc(C=O)ccn2)C1. The molecule has 0 radical (unpaired) electrons. The van der Waals surface area contributed by atoms with Crippen LogP contribution in [0.25, 0.3) is 0 Å². The van der Waals surface area contributed by atoms with Gasteiger partial charge in [0.2, 0.25) is 0 Å². The molecule has 4 heteroatoms. The van der Waals surface area contributed by atoms with Crippen LogP contribution in [0.3, 0.4) is 0 Å². The maximum Gasteiger partial charge on any atom is 0.150 e. The third kappa shape index (κ3) is 1.99. The maximum atomic E-state index is 10.6. The Bertz CT molecular complexity index is 359. The van der Waals surface area contributed by atoms with Crippen molar-refractivity contribution >= 4 is 12.1 Å². The number of hydrogen-bond donors (Lipinski definition) is 0. The van der Waals surface area contributed by atoms with Crippen LogP contribution < -0.4 is 4.90 Å².